The van der Waals surface area contributed by atoms with Crippen LogP contribution in [0.3, 0.4) is 0 Å². The molecule has 1 unspecified atom stereocenters. The van der Waals surface area contributed by atoms with Gasteiger partial charge in [-0.2, -0.15) is 0 Å². The number of ether oxygens (including phenoxy) is 3. The number of nitrogens with zero attached hydrogens (tertiary/aromatic N) is 2. The third-order valence-corrected chi connectivity index (χ3v) is 4.94. The van der Waals surface area contributed by atoms with Gasteiger partial charge < -0.3 is 14.2 Å². The van der Waals surface area contributed by atoms with Crippen molar-refractivity contribution in [2.45, 2.75) is 20.0 Å². The summed E-state index contributed by atoms with van der Waals surface area (Å²) in [5.74, 6) is 0.448. The number of aromatic nitrogens is 1. The summed E-state index contributed by atoms with van der Waals surface area (Å²) in [5.41, 5.74) is 1.31. The van der Waals surface area contributed by atoms with Crippen LogP contribution < -0.4 is 4.74 Å². The van der Waals surface area contributed by atoms with Gasteiger partial charge in [-0.05, 0) is 38.1 Å². The van der Waals surface area contributed by atoms with E-state index in [2.05, 4.69) is 9.88 Å². The van der Waals surface area contributed by atoms with Crippen molar-refractivity contribution in [3.63, 3.8) is 0 Å². The van der Waals surface area contributed by atoms with Gasteiger partial charge in [-0.15, -0.1) is 11.3 Å². The van der Waals surface area contributed by atoms with Crippen molar-refractivity contribution in [2.24, 2.45) is 0 Å². The number of rotatable bonds is 7. The largest absolute Gasteiger partial charge is 0.494 e. The Balaban J connectivity index is 1.56. The maximum atomic E-state index is 12.3. The Morgan fingerprint density at radius 2 is 2.04 bits per heavy atom. The summed E-state index contributed by atoms with van der Waals surface area (Å²) in [5, 5.41) is 2.54. The molecule has 140 valence electrons. The average Bonchev–Trinajstić information content (AvgIpc) is 3.14. The van der Waals surface area contributed by atoms with Crippen molar-refractivity contribution >= 4 is 17.3 Å². The summed E-state index contributed by atoms with van der Waals surface area (Å²) in [6.07, 6.45) is -0.184. The Morgan fingerprint density at radius 1 is 1.31 bits per heavy atom. The topological polar surface area (TPSA) is 60.9 Å². The molecule has 1 aliphatic rings. The normalized spacial score (nSPS) is 16.2. The molecule has 0 bridgehead atoms. The number of esters is 1. The van der Waals surface area contributed by atoms with Crippen LogP contribution in [0.4, 0.5) is 0 Å². The molecule has 1 aliphatic heterocycles. The Labute approximate surface area is 157 Å². The van der Waals surface area contributed by atoms with Gasteiger partial charge in [0, 0.05) is 30.6 Å². The highest BCUT2D eigenvalue weighted by Gasteiger charge is 2.19. The molecule has 0 radical (unpaired) electrons. The molecular weight excluding hydrogens is 352 g/mol. The van der Waals surface area contributed by atoms with E-state index in [4.69, 9.17) is 14.2 Å². The molecule has 0 N–H and O–H groups in total. The van der Waals surface area contributed by atoms with Crippen LogP contribution in [0, 0.1) is 0 Å². The van der Waals surface area contributed by atoms with E-state index < -0.39 is 0 Å². The van der Waals surface area contributed by atoms with Crippen molar-refractivity contribution in [2.75, 3.05) is 39.5 Å². The summed E-state index contributed by atoms with van der Waals surface area (Å²) in [6, 6.07) is 7.70. The van der Waals surface area contributed by atoms with E-state index in [9.17, 15) is 4.79 Å². The summed E-state index contributed by atoms with van der Waals surface area (Å²) >= 11 is 1.43. The van der Waals surface area contributed by atoms with Crippen molar-refractivity contribution in [1.29, 1.82) is 0 Å². The van der Waals surface area contributed by atoms with E-state index in [0.29, 0.717) is 18.8 Å². The van der Waals surface area contributed by atoms with Crippen LogP contribution in [0.5, 0.6) is 5.75 Å². The van der Waals surface area contributed by atoms with Gasteiger partial charge in [0.2, 0.25) is 0 Å². The van der Waals surface area contributed by atoms with Crippen molar-refractivity contribution in [3.8, 4) is 16.3 Å². The van der Waals surface area contributed by atoms with Crippen LogP contribution in [-0.4, -0.2) is 61.4 Å². The zero-order valence-corrected chi connectivity index (χ0v) is 16.0. The molecule has 1 aromatic heterocycles. The number of hydrogen-bond acceptors (Lipinski definition) is 7. The highest BCUT2D eigenvalue weighted by Crippen LogP contribution is 2.26. The van der Waals surface area contributed by atoms with Crippen LogP contribution in [0.2, 0.25) is 0 Å². The monoisotopic (exact) mass is 376 g/mol. The Hall–Kier alpha value is -1.96. The lowest BCUT2D eigenvalue weighted by Crippen LogP contribution is -2.41. The van der Waals surface area contributed by atoms with E-state index in [0.717, 1.165) is 42.6 Å². The number of morpholine rings is 1. The summed E-state index contributed by atoms with van der Waals surface area (Å²) < 4.78 is 16.3. The molecule has 0 aliphatic carbocycles. The summed E-state index contributed by atoms with van der Waals surface area (Å²) in [4.78, 5) is 19.0. The van der Waals surface area contributed by atoms with Crippen LogP contribution in [0.15, 0.2) is 29.6 Å². The number of carbonyl (C=O) groups excluding carboxylic acids is 1. The molecule has 26 heavy (non-hydrogen) atoms. The average molecular weight is 376 g/mol. The standard InChI is InChI=1S/C19H24N2O4S/c1-3-24-16-6-4-15(5-7-16)18-20-17(13-26-18)19(22)25-14(2)12-21-8-10-23-11-9-21/h4-7,13-14H,3,8-12H2,1-2H3. The highest BCUT2D eigenvalue weighted by molar-refractivity contribution is 7.13. The molecule has 1 fully saturated rings. The Kier molecular flexibility index (Phi) is 6.60. The zero-order valence-electron chi connectivity index (χ0n) is 15.1. The molecule has 2 heterocycles. The second-order valence-electron chi connectivity index (χ2n) is 6.12. The van der Waals surface area contributed by atoms with E-state index in [1.54, 1.807) is 5.38 Å². The predicted molar refractivity (Wildman–Crippen MR) is 101 cm³/mol. The fourth-order valence-corrected chi connectivity index (χ4v) is 3.58. The summed E-state index contributed by atoms with van der Waals surface area (Å²) in [6.45, 7) is 8.43. The van der Waals surface area contributed by atoms with Crippen molar-refractivity contribution < 1.29 is 19.0 Å². The minimum atomic E-state index is -0.376. The van der Waals surface area contributed by atoms with Crippen LogP contribution in [-0.2, 0) is 9.47 Å². The lowest BCUT2D eigenvalue weighted by Gasteiger charge is -2.28. The SMILES string of the molecule is CCOc1ccc(-c2nc(C(=O)OC(C)CN3CCOCC3)cs2)cc1. The van der Waals surface area contributed by atoms with Gasteiger partial charge in [0.05, 0.1) is 19.8 Å². The molecular formula is C19H24N2O4S. The summed E-state index contributed by atoms with van der Waals surface area (Å²) in [7, 11) is 0. The molecule has 1 atom stereocenters. The van der Waals surface area contributed by atoms with Gasteiger partial charge >= 0.3 is 5.97 Å². The van der Waals surface area contributed by atoms with Crippen LogP contribution in [0.1, 0.15) is 24.3 Å². The fraction of sp³-hybridized carbons (Fsp3) is 0.474. The maximum absolute atomic E-state index is 12.3. The van der Waals surface area contributed by atoms with Crippen LogP contribution in [0.25, 0.3) is 10.6 Å². The van der Waals surface area contributed by atoms with Gasteiger partial charge in [0.1, 0.15) is 16.9 Å². The molecule has 7 heteroatoms. The second-order valence-corrected chi connectivity index (χ2v) is 6.98. The first-order valence-electron chi connectivity index (χ1n) is 8.85. The fourth-order valence-electron chi connectivity index (χ4n) is 2.79. The van der Waals surface area contributed by atoms with Gasteiger partial charge in [-0.25, -0.2) is 9.78 Å². The van der Waals surface area contributed by atoms with Crippen LogP contribution >= 0.6 is 11.3 Å². The first-order chi connectivity index (χ1) is 12.7. The third-order valence-electron chi connectivity index (χ3n) is 4.05. The molecule has 1 saturated heterocycles. The minimum Gasteiger partial charge on any atom is -0.494 e. The Bertz CT molecular complexity index is 711. The van der Waals surface area contributed by atoms with E-state index in [-0.39, 0.29) is 12.1 Å². The van der Waals surface area contributed by atoms with Crippen molar-refractivity contribution in [3.05, 3.63) is 35.3 Å². The van der Waals surface area contributed by atoms with Gasteiger partial charge in [0.15, 0.2) is 5.69 Å². The molecule has 6 nitrogen and oxygen atoms in total. The molecule has 0 saturated carbocycles. The quantitative estimate of drug-likeness (QED) is 0.692. The second kappa shape index (κ2) is 9.12. The smallest absolute Gasteiger partial charge is 0.358 e. The third kappa shape index (κ3) is 5.03. The zero-order chi connectivity index (χ0) is 18.4. The van der Waals surface area contributed by atoms with E-state index in [1.165, 1.54) is 11.3 Å². The first-order valence-corrected chi connectivity index (χ1v) is 9.73. The molecule has 1 aromatic carbocycles. The molecule has 2 aromatic rings. The molecule has 0 spiro atoms. The predicted octanol–water partition coefficient (Wildman–Crippen LogP) is 3.09. The lowest BCUT2D eigenvalue weighted by molar-refractivity contribution is 0.000164. The number of hydrogen-bond donors (Lipinski definition) is 0. The van der Waals surface area contributed by atoms with Gasteiger partial charge in [-0.3, -0.25) is 4.90 Å². The highest BCUT2D eigenvalue weighted by atomic mass is 32.1. The number of thiazole rings is 1. The molecule has 3 rings (SSSR count). The number of carbonyl (C=O) groups is 1. The first kappa shape index (κ1) is 18.8. The van der Waals surface area contributed by atoms with Crippen molar-refractivity contribution in [1.82, 2.24) is 9.88 Å². The lowest BCUT2D eigenvalue weighted by atomic mass is 10.2. The van der Waals surface area contributed by atoms with Gasteiger partial charge in [-0.1, -0.05) is 0 Å². The van der Waals surface area contributed by atoms with Gasteiger partial charge in [0.25, 0.3) is 0 Å². The Morgan fingerprint density at radius 3 is 2.73 bits per heavy atom. The maximum Gasteiger partial charge on any atom is 0.358 e. The van der Waals surface area contributed by atoms with E-state index in [1.807, 2.05) is 38.1 Å². The number of benzene rings is 1. The van der Waals surface area contributed by atoms with E-state index >= 15 is 0 Å². The molecule has 0 amide bonds. The minimum absolute atomic E-state index is 0.184.